The average molecular weight is 752 g/mol. The van der Waals surface area contributed by atoms with E-state index in [-0.39, 0.29) is 0 Å². The normalized spacial score (nSPS) is 12.2. The highest BCUT2D eigenvalue weighted by Crippen LogP contribution is 2.41. The smallest absolute Gasteiger partial charge is 0.161 e. The Balaban J connectivity index is 1.09. The number of amidine groups is 2. The fraction of sp³-hybridized carbons (Fsp3) is 0.0200. The van der Waals surface area contributed by atoms with Gasteiger partial charge in [0.15, 0.2) is 17.5 Å². The minimum atomic E-state index is 0.469. The van der Waals surface area contributed by atoms with Crippen LogP contribution >= 0.6 is 11.3 Å². The third-order valence-electron chi connectivity index (χ3n) is 10.1. The van der Waals surface area contributed by atoms with Crippen molar-refractivity contribution in [1.82, 2.24) is 9.97 Å². The van der Waals surface area contributed by atoms with E-state index >= 15 is 0 Å². The van der Waals surface area contributed by atoms with Crippen LogP contribution in [0.4, 0.5) is 0 Å². The molecular formula is C50H33N5OS. The van der Waals surface area contributed by atoms with E-state index in [1.54, 1.807) is 11.3 Å². The van der Waals surface area contributed by atoms with Gasteiger partial charge in [0.2, 0.25) is 0 Å². The van der Waals surface area contributed by atoms with Gasteiger partial charge in [-0.15, -0.1) is 11.3 Å². The van der Waals surface area contributed by atoms with Crippen molar-refractivity contribution in [2.45, 2.75) is 6.54 Å². The number of rotatable bonds is 7. The van der Waals surface area contributed by atoms with Crippen molar-refractivity contribution >= 4 is 72.0 Å². The van der Waals surface area contributed by atoms with E-state index in [0.717, 1.165) is 82.2 Å². The molecule has 0 radical (unpaired) electrons. The van der Waals surface area contributed by atoms with Gasteiger partial charge in [0.05, 0.1) is 22.5 Å². The molecule has 270 valence electrons. The van der Waals surface area contributed by atoms with Crippen molar-refractivity contribution in [1.29, 1.82) is 0 Å². The molecule has 10 aromatic rings. The number of thiophene rings is 1. The van der Waals surface area contributed by atoms with Gasteiger partial charge in [-0.1, -0.05) is 146 Å². The number of fused-ring (bicyclic) bond motifs is 6. The first-order valence-corrected chi connectivity index (χ1v) is 19.5. The lowest BCUT2D eigenvalue weighted by Gasteiger charge is -2.09. The van der Waals surface area contributed by atoms with Crippen LogP contribution in [0.5, 0.6) is 0 Å². The van der Waals surface area contributed by atoms with Crippen LogP contribution in [0.1, 0.15) is 16.7 Å². The van der Waals surface area contributed by atoms with Crippen molar-refractivity contribution in [3.8, 4) is 33.8 Å². The second kappa shape index (κ2) is 14.7. The molecule has 10 rings (SSSR count). The van der Waals surface area contributed by atoms with Crippen molar-refractivity contribution < 1.29 is 4.42 Å². The number of nitrogens with zero attached hydrogens (tertiary/aromatic N) is 5. The molecule has 0 fully saturated rings. The van der Waals surface area contributed by atoms with Gasteiger partial charge in [-0.05, 0) is 53.7 Å². The van der Waals surface area contributed by atoms with E-state index in [4.69, 9.17) is 24.4 Å². The Morgan fingerprint density at radius 1 is 0.579 bits per heavy atom. The molecule has 0 amide bonds. The predicted molar refractivity (Wildman–Crippen MR) is 238 cm³/mol. The summed E-state index contributed by atoms with van der Waals surface area (Å²) in [6.45, 7) is 4.45. The fourth-order valence-corrected chi connectivity index (χ4v) is 8.50. The molecule has 0 aliphatic carbocycles. The molecule has 0 bridgehead atoms. The maximum Gasteiger partial charge on any atom is 0.161 e. The molecule has 0 saturated heterocycles. The first kappa shape index (κ1) is 34.2. The lowest BCUT2D eigenvalue weighted by Crippen LogP contribution is -2.06. The Morgan fingerprint density at radius 3 is 2.11 bits per heavy atom. The summed E-state index contributed by atoms with van der Waals surface area (Å²) >= 11 is 1.73. The zero-order valence-corrected chi connectivity index (χ0v) is 31.5. The SMILES string of the molecule is C=NC(=NC(=NCc1ccccc1)c1ccccc1)c1cccc2oc3ccc(-c4cccc(-c5nc(-c6ccccc6)nc6c5sc5ccccc56)c4)cc3c12. The lowest BCUT2D eigenvalue weighted by atomic mass is 9.98. The Labute approximate surface area is 332 Å². The van der Waals surface area contributed by atoms with Crippen LogP contribution < -0.4 is 0 Å². The van der Waals surface area contributed by atoms with Gasteiger partial charge >= 0.3 is 0 Å². The van der Waals surface area contributed by atoms with Crippen LogP contribution in [0, 0.1) is 0 Å². The molecule has 0 unspecified atom stereocenters. The standard InChI is InChI=1S/C50H33N5OS/c1-51-50(55-48(33-17-7-3-8-18-33)52-31-32-15-5-2-6-16-32)39-24-14-25-42-44(39)40-30-36(27-28-41(40)56-42)35-21-13-22-37(29-35)45-47-46(38-23-11-12-26-43(38)57-47)54-49(53-45)34-19-9-4-10-20-34/h2-30H,1,31H2. The van der Waals surface area contributed by atoms with E-state index in [9.17, 15) is 0 Å². The molecule has 57 heavy (non-hydrogen) atoms. The van der Waals surface area contributed by atoms with Gasteiger partial charge in [-0.3, -0.25) is 4.99 Å². The fourth-order valence-electron chi connectivity index (χ4n) is 7.35. The summed E-state index contributed by atoms with van der Waals surface area (Å²) in [7, 11) is 0. The number of hydrogen-bond acceptors (Lipinski definition) is 5. The molecule has 0 saturated carbocycles. The predicted octanol–water partition coefficient (Wildman–Crippen LogP) is 12.8. The second-order valence-corrected chi connectivity index (χ2v) is 14.7. The van der Waals surface area contributed by atoms with Crippen LogP contribution in [0.15, 0.2) is 195 Å². The highest BCUT2D eigenvalue weighted by Gasteiger charge is 2.19. The van der Waals surface area contributed by atoms with E-state index in [1.165, 1.54) is 4.70 Å². The Hall–Kier alpha value is -7.35. The van der Waals surface area contributed by atoms with E-state index in [1.807, 2.05) is 91.0 Å². The molecule has 0 aliphatic rings. The summed E-state index contributed by atoms with van der Waals surface area (Å²) in [5.74, 6) is 1.76. The Kier molecular flexibility index (Phi) is 8.82. The van der Waals surface area contributed by atoms with Crippen molar-refractivity contribution in [2.24, 2.45) is 15.0 Å². The van der Waals surface area contributed by atoms with Gasteiger partial charge in [-0.25, -0.2) is 20.0 Å². The topological polar surface area (TPSA) is 76.0 Å². The van der Waals surface area contributed by atoms with Crippen LogP contribution in [-0.4, -0.2) is 28.4 Å². The first-order valence-electron chi connectivity index (χ1n) is 18.7. The summed E-state index contributed by atoms with van der Waals surface area (Å²) in [5, 5.41) is 3.02. The molecule has 7 aromatic carbocycles. The zero-order chi connectivity index (χ0) is 38.1. The summed E-state index contributed by atoms with van der Waals surface area (Å²) in [6, 6.07) is 59.7. The molecule has 0 spiro atoms. The minimum Gasteiger partial charge on any atom is -0.456 e. The van der Waals surface area contributed by atoms with Crippen LogP contribution in [0.25, 0.3) is 76.0 Å². The molecule has 0 atom stereocenters. The van der Waals surface area contributed by atoms with Crippen molar-refractivity contribution in [2.75, 3.05) is 0 Å². The number of hydrogen-bond donors (Lipinski definition) is 0. The van der Waals surface area contributed by atoms with E-state index in [2.05, 4.69) is 96.6 Å². The van der Waals surface area contributed by atoms with Crippen molar-refractivity contribution in [3.63, 3.8) is 0 Å². The van der Waals surface area contributed by atoms with Crippen LogP contribution in [-0.2, 0) is 6.54 Å². The maximum absolute atomic E-state index is 6.44. The summed E-state index contributed by atoms with van der Waals surface area (Å²) in [5.41, 5.74) is 10.3. The summed E-state index contributed by atoms with van der Waals surface area (Å²) < 4.78 is 8.69. The first-order chi connectivity index (χ1) is 28.2. The van der Waals surface area contributed by atoms with Gasteiger partial charge < -0.3 is 4.42 Å². The van der Waals surface area contributed by atoms with Gasteiger partial charge in [0, 0.05) is 43.1 Å². The molecule has 0 aliphatic heterocycles. The number of furan rings is 1. The van der Waals surface area contributed by atoms with Gasteiger partial charge in [-0.2, -0.15) is 0 Å². The summed E-state index contributed by atoms with van der Waals surface area (Å²) in [4.78, 5) is 24.8. The molecule has 7 heteroatoms. The van der Waals surface area contributed by atoms with E-state index in [0.29, 0.717) is 24.0 Å². The average Bonchev–Trinajstić information content (AvgIpc) is 3.85. The molecule has 6 nitrogen and oxygen atoms in total. The number of aliphatic imine (C=N–C) groups is 3. The van der Waals surface area contributed by atoms with Crippen molar-refractivity contribution in [3.05, 3.63) is 193 Å². The van der Waals surface area contributed by atoms with Gasteiger partial charge in [0.1, 0.15) is 11.2 Å². The minimum absolute atomic E-state index is 0.469. The third kappa shape index (κ3) is 6.50. The lowest BCUT2D eigenvalue weighted by molar-refractivity contribution is 0.669. The van der Waals surface area contributed by atoms with Crippen LogP contribution in [0.3, 0.4) is 0 Å². The molecule has 3 aromatic heterocycles. The quantitative estimate of drug-likeness (QED) is 0.120. The number of aromatic nitrogens is 2. The monoisotopic (exact) mass is 751 g/mol. The largest absolute Gasteiger partial charge is 0.456 e. The Bertz CT molecular complexity index is 3170. The van der Waals surface area contributed by atoms with E-state index < -0.39 is 0 Å². The van der Waals surface area contributed by atoms with Gasteiger partial charge in [0.25, 0.3) is 0 Å². The highest BCUT2D eigenvalue weighted by atomic mass is 32.1. The molecule has 3 heterocycles. The molecule has 0 N–H and O–H groups in total. The Morgan fingerprint density at radius 2 is 1.28 bits per heavy atom. The third-order valence-corrected chi connectivity index (χ3v) is 11.3. The summed E-state index contributed by atoms with van der Waals surface area (Å²) in [6.07, 6.45) is 0. The zero-order valence-electron chi connectivity index (χ0n) is 30.7. The highest BCUT2D eigenvalue weighted by molar-refractivity contribution is 7.26. The maximum atomic E-state index is 6.44. The molecular weight excluding hydrogens is 719 g/mol. The second-order valence-electron chi connectivity index (χ2n) is 13.7. The number of benzene rings is 7. The van der Waals surface area contributed by atoms with Crippen LogP contribution in [0.2, 0.25) is 0 Å².